The minimum Gasteiger partial charge on any atom is -0.486 e. The van der Waals surface area contributed by atoms with Gasteiger partial charge in [-0.3, -0.25) is 14.5 Å². The summed E-state index contributed by atoms with van der Waals surface area (Å²) in [5.41, 5.74) is -0.263. The topological polar surface area (TPSA) is 91.4 Å². The number of hydrogen-bond donors (Lipinski definition) is 1. The van der Waals surface area contributed by atoms with E-state index in [0.717, 1.165) is 26.1 Å². The van der Waals surface area contributed by atoms with Crippen molar-refractivity contribution in [2.24, 2.45) is 0 Å². The molecule has 0 aliphatic carbocycles. The lowest BCUT2D eigenvalue weighted by atomic mass is 9.87. The lowest BCUT2D eigenvalue weighted by Gasteiger charge is -2.39. The number of likely N-dealkylation sites (tertiary alicyclic amines) is 2. The Kier molecular flexibility index (Phi) is 5.44. The summed E-state index contributed by atoms with van der Waals surface area (Å²) in [5, 5.41) is 3.00. The predicted molar refractivity (Wildman–Crippen MR) is 116 cm³/mol. The zero-order chi connectivity index (χ0) is 22.3. The van der Waals surface area contributed by atoms with Crippen LogP contribution in [0.25, 0.3) is 0 Å². The third-order valence-electron chi connectivity index (χ3n) is 7.19. The molecule has 4 aliphatic rings. The van der Waals surface area contributed by atoms with Gasteiger partial charge < -0.3 is 24.6 Å². The molecular weight excluding hydrogens is 412 g/mol. The first-order chi connectivity index (χ1) is 15.5. The van der Waals surface area contributed by atoms with Gasteiger partial charge in [0.25, 0.3) is 11.8 Å². The number of nitrogens with one attached hydrogen (secondary N) is 1. The largest absolute Gasteiger partial charge is 0.486 e. The summed E-state index contributed by atoms with van der Waals surface area (Å²) in [6, 6.07) is 4.58. The molecule has 3 saturated heterocycles. The van der Waals surface area contributed by atoms with Crippen LogP contribution in [0.15, 0.2) is 18.2 Å². The molecule has 32 heavy (non-hydrogen) atoms. The van der Waals surface area contributed by atoms with Crippen LogP contribution in [0.1, 0.15) is 43.0 Å². The summed E-state index contributed by atoms with van der Waals surface area (Å²) < 4.78 is 11.1. The Hall–Kier alpha value is -2.81. The maximum absolute atomic E-state index is 13.4. The predicted octanol–water partition coefficient (Wildman–Crippen LogP) is 1.47. The van der Waals surface area contributed by atoms with Crippen LogP contribution in [0.4, 0.5) is 4.79 Å². The summed E-state index contributed by atoms with van der Waals surface area (Å²) in [5.74, 6) is 0.967. The molecule has 0 bridgehead atoms. The molecule has 1 N–H and O–H groups in total. The second-order valence-electron chi connectivity index (χ2n) is 9.03. The third-order valence-corrected chi connectivity index (χ3v) is 7.19. The van der Waals surface area contributed by atoms with Crippen molar-refractivity contribution in [3.8, 4) is 11.5 Å². The molecule has 4 heterocycles. The molecule has 0 unspecified atom stereocenters. The average Bonchev–Trinajstić information content (AvgIpc) is 3.07. The number of rotatable bonds is 3. The van der Waals surface area contributed by atoms with E-state index >= 15 is 0 Å². The van der Waals surface area contributed by atoms with Crippen molar-refractivity contribution in [3.05, 3.63) is 23.8 Å². The monoisotopic (exact) mass is 442 g/mol. The molecule has 4 aliphatic heterocycles. The number of carbonyl (C=O) groups is 3. The van der Waals surface area contributed by atoms with Gasteiger partial charge in [0.1, 0.15) is 18.8 Å². The van der Waals surface area contributed by atoms with E-state index in [4.69, 9.17) is 9.47 Å². The van der Waals surface area contributed by atoms with Crippen LogP contribution >= 0.6 is 0 Å². The molecule has 0 radical (unpaired) electrons. The summed E-state index contributed by atoms with van der Waals surface area (Å²) in [6.07, 6.45) is 2.72. The summed E-state index contributed by atoms with van der Waals surface area (Å²) >= 11 is 0. The van der Waals surface area contributed by atoms with E-state index in [1.54, 1.807) is 23.1 Å². The number of hydrogen-bond acceptors (Lipinski definition) is 6. The van der Waals surface area contributed by atoms with Crippen molar-refractivity contribution in [3.63, 3.8) is 0 Å². The number of fused-ring (bicyclic) bond motifs is 1. The van der Waals surface area contributed by atoms with Crippen LogP contribution in [-0.4, -0.2) is 90.1 Å². The van der Waals surface area contributed by atoms with Gasteiger partial charge >= 0.3 is 6.03 Å². The summed E-state index contributed by atoms with van der Waals surface area (Å²) in [4.78, 5) is 44.9. The highest BCUT2D eigenvalue weighted by Gasteiger charge is 2.54. The molecule has 0 aromatic heterocycles. The maximum Gasteiger partial charge on any atom is 0.325 e. The minimum atomic E-state index is -0.787. The highest BCUT2D eigenvalue weighted by atomic mass is 16.6. The molecule has 9 nitrogen and oxygen atoms in total. The van der Waals surface area contributed by atoms with Crippen molar-refractivity contribution < 1.29 is 23.9 Å². The number of amides is 4. The first-order valence-electron chi connectivity index (χ1n) is 11.6. The van der Waals surface area contributed by atoms with E-state index in [0.29, 0.717) is 62.6 Å². The van der Waals surface area contributed by atoms with Crippen molar-refractivity contribution >= 4 is 17.8 Å². The molecule has 1 aromatic rings. The lowest BCUT2D eigenvalue weighted by molar-refractivity contribution is -0.135. The Morgan fingerprint density at radius 2 is 1.88 bits per heavy atom. The Bertz CT molecular complexity index is 927. The fourth-order valence-electron chi connectivity index (χ4n) is 5.27. The van der Waals surface area contributed by atoms with Crippen molar-refractivity contribution in [1.29, 1.82) is 0 Å². The molecular formula is C23H30N4O5. The van der Waals surface area contributed by atoms with Gasteiger partial charge in [0, 0.05) is 31.7 Å². The second-order valence-corrected chi connectivity index (χ2v) is 9.03. The number of carbonyl (C=O) groups excluding carboxylic acids is 3. The van der Waals surface area contributed by atoms with E-state index in [2.05, 4.69) is 17.1 Å². The van der Waals surface area contributed by atoms with Crippen LogP contribution in [-0.2, 0) is 4.79 Å². The third kappa shape index (κ3) is 3.58. The van der Waals surface area contributed by atoms with Gasteiger partial charge in [-0.2, -0.15) is 0 Å². The molecule has 1 atom stereocenters. The van der Waals surface area contributed by atoms with E-state index in [9.17, 15) is 14.4 Å². The number of ether oxygens (including phenoxy) is 2. The first-order valence-corrected chi connectivity index (χ1v) is 11.6. The molecule has 4 amide bonds. The fourth-order valence-corrected chi connectivity index (χ4v) is 5.27. The minimum absolute atomic E-state index is 0.121. The van der Waals surface area contributed by atoms with E-state index in [1.807, 2.05) is 0 Å². The number of urea groups is 1. The smallest absolute Gasteiger partial charge is 0.325 e. The van der Waals surface area contributed by atoms with Gasteiger partial charge in [0.15, 0.2) is 11.5 Å². The highest BCUT2D eigenvalue weighted by molar-refractivity contribution is 6.07. The maximum atomic E-state index is 13.4. The number of imide groups is 1. The van der Waals surface area contributed by atoms with E-state index < -0.39 is 5.54 Å². The summed E-state index contributed by atoms with van der Waals surface area (Å²) in [7, 11) is 0. The van der Waals surface area contributed by atoms with Gasteiger partial charge in [-0.05, 0) is 50.4 Å². The molecule has 3 fully saturated rings. The van der Waals surface area contributed by atoms with E-state index in [1.165, 1.54) is 4.90 Å². The van der Waals surface area contributed by atoms with Crippen molar-refractivity contribution in [1.82, 2.24) is 20.0 Å². The van der Waals surface area contributed by atoms with Crippen LogP contribution < -0.4 is 14.8 Å². The first kappa shape index (κ1) is 21.1. The Morgan fingerprint density at radius 1 is 1.12 bits per heavy atom. The van der Waals surface area contributed by atoms with Gasteiger partial charge in [-0.15, -0.1) is 0 Å². The van der Waals surface area contributed by atoms with Gasteiger partial charge in [-0.1, -0.05) is 6.92 Å². The Labute approximate surface area is 187 Å². The van der Waals surface area contributed by atoms with Crippen molar-refractivity contribution in [2.75, 3.05) is 45.9 Å². The quantitative estimate of drug-likeness (QED) is 0.713. The SMILES string of the molecule is CCN1CCC2(CC1)NC(=O)N([C@@H]1CCCN(C(=O)c3ccc4c(c3)OCCO4)C1)C2=O. The van der Waals surface area contributed by atoms with Crippen LogP contribution in [0.3, 0.4) is 0 Å². The highest BCUT2D eigenvalue weighted by Crippen LogP contribution is 2.34. The average molecular weight is 443 g/mol. The Balaban J connectivity index is 1.29. The standard InChI is InChI=1S/C23H30N4O5/c1-2-25-10-7-23(8-11-25)21(29)27(22(30)24-23)17-4-3-9-26(15-17)20(28)16-5-6-18-19(14-16)32-13-12-31-18/h5-6,14,17H,2-4,7-13,15H2,1H3,(H,24,30)/t17-/m1/s1. The molecule has 5 rings (SSSR count). The van der Waals surface area contributed by atoms with Crippen molar-refractivity contribution in [2.45, 2.75) is 44.2 Å². The number of benzene rings is 1. The van der Waals surface area contributed by atoms with E-state index in [-0.39, 0.29) is 23.9 Å². The van der Waals surface area contributed by atoms with Gasteiger partial charge in [0.2, 0.25) is 0 Å². The number of nitrogens with zero attached hydrogens (tertiary/aromatic N) is 3. The van der Waals surface area contributed by atoms with Crippen LogP contribution in [0.2, 0.25) is 0 Å². The zero-order valence-electron chi connectivity index (χ0n) is 18.5. The summed E-state index contributed by atoms with van der Waals surface area (Å²) in [6.45, 7) is 6.56. The molecule has 1 aromatic carbocycles. The van der Waals surface area contributed by atoms with Crippen LogP contribution in [0, 0.1) is 0 Å². The normalized spacial score (nSPS) is 25.2. The number of piperidine rings is 2. The molecule has 0 saturated carbocycles. The molecule has 172 valence electrons. The molecule has 9 heteroatoms. The van der Waals surface area contributed by atoms with Gasteiger partial charge in [-0.25, -0.2) is 4.79 Å². The zero-order valence-corrected chi connectivity index (χ0v) is 18.5. The van der Waals surface area contributed by atoms with Crippen LogP contribution in [0.5, 0.6) is 11.5 Å². The fraction of sp³-hybridized carbons (Fsp3) is 0.609. The Morgan fingerprint density at radius 3 is 2.62 bits per heavy atom. The lowest BCUT2D eigenvalue weighted by Crippen LogP contribution is -2.56. The second kappa shape index (κ2) is 8.27. The van der Waals surface area contributed by atoms with Gasteiger partial charge in [0.05, 0.1) is 6.04 Å². The molecule has 1 spiro atoms.